The zero-order chi connectivity index (χ0) is 14.0. The predicted molar refractivity (Wildman–Crippen MR) is 82.7 cm³/mol. The van der Waals surface area contributed by atoms with Crippen LogP contribution in [0.5, 0.6) is 0 Å². The van der Waals surface area contributed by atoms with Crippen molar-refractivity contribution in [3.63, 3.8) is 0 Å². The highest BCUT2D eigenvalue weighted by molar-refractivity contribution is 5.85. The molecular weight excluding hydrogens is 258 g/mol. The molecule has 108 valence electrons. The lowest BCUT2D eigenvalue weighted by molar-refractivity contribution is -0.178. The molecule has 2 nitrogen and oxygen atoms in total. The maximum atomic E-state index is 11.7. The van der Waals surface area contributed by atoms with Crippen molar-refractivity contribution in [2.45, 2.75) is 37.7 Å². The van der Waals surface area contributed by atoms with Crippen molar-refractivity contribution in [1.82, 2.24) is 4.98 Å². The molecule has 0 aliphatic heterocycles. The third-order valence-electron chi connectivity index (χ3n) is 6.50. The summed E-state index contributed by atoms with van der Waals surface area (Å²) in [5, 5.41) is 14.1. The van der Waals surface area contributed by atoms with Gasteiger partial charge < -0.3 is 5.11 Å². The van der Waals surface area contributed by atoms with Gasteiger partial charge in [-0.05, 0) is 72.8 Å². The first kappa shape index (κ1) is 12.2. The highest BCUT2D eigenvalue weighted by Crippen LogP contribution is 2.62. The normalized spacial score (nSPS) is 40.8. The summed E-state index contributed by atoms with van der Waals surface area (Å²) in [6, 6.07) is 8.42. The van der Waals surface area contributed by atoms with Gasteiger partial charge in [0.25, 0.3) is 0 Å². The highest BCUT2D eigenvalue weighted by atomic mass is 16.3. The van der Waals surface area contributed by atoms with Gasteiger partial charge in [0.1, 0.15) is 0 Å². The van der Waals surface area contributed by atoms with Crippen molar-refractivity contribution in [1.29, 1.82) is 0 Å². The Morgan fingerprint density at radius 1 is 0.952 bits per heavy atom. The van der Waals surface area contributed by atoms with E-state index in [1.165, 1.54) is 37.5 Å². The van der Waals surface area contributed by atoms with Crippen molar-refractivity contribution < 1.29 is 5.11 Å². The molecule has 4 fully saturated rings. The highest BCUT2D eigenvalue weighted by Gasteiger charge is 2.57. The second kappa shape index (κ2) is 4.07. The van der Waals surface area contributed by atoms with E-state index in [2.05, 4.69) is 29.2 Å². The van der Waals surface area contributed by atoms with Crippen molar-refractivity contribution in [2.24, 2.45) is 23.7 Å². The molecule has 4 aliphatic carbocycles. The standard InChI is InChI=1S/C19H21NO/c21-19(15-7-12-6-13(9-15)10-16(19)8-12)18-3-1-2-14-4-5-20-11-17(14)18/h1-5,11-13,15-16,21H,6-10H2. The van der Waals surface area contributed by atoms with Crippen molar-refractivity contribution >= 4 is 10.8 Å². The van der Waals surface area contributed by atoms with Gasteiger partial charge in [-0.3, -0.25) is 4.98 Å². The van der Waals surface area contributed by atoms with E-state index in [0.29, 0.717) is 11.8 Å². The molecule has 2 heteroatoms. The molecule has 0 amide bonds. The lowest BCUT2D eigenvalue weighted by Gasteiger charge is -2.59. The minimum Gasteiger partial charge on any atom is -0.385 e. The quantitative estimate of drug-likeness (QED) is 0.859. The zero-order valence-electron chi connectivity index (χ0n) is 12.2. The molecular formula is C19H21NO. The molecule has 0 atom stereocenters. The maximum absolute atomic E-state index is 11.7. The monoisotopic (exact) mass is 279 g/mol. The van der Waals surface area contributed by atoms with Gasteiger partial charge in [0, 0.05) is 17.8 Å². The molecule has 6 rings (SSSR count). The minimum atomic E-state index is -0.615. The summed E-state index contributed by atoms with van der Waals surface area (Å²) in [5.74, 6) is 2.67. The number of benzene rings is 1. The molecule has 1 aromatic heterocycles. The Hall–Kier alpha value is -1.41. The number of hydrogen-bond acceptors (Lipinski definition) is 2. The smallest absolute Gasteiger partial charge is 0.0959 e. The number of aliphatic hydroxyl groups is 1. The van der Waals surface area contributed by atoms with E-state index >= 15 is 0 Å². The van der Waals surface area contributed by atoms with Gasteiger partial charge in [-0.15, -0.1) is 0 Å². The first-order valence-corrected chi connectivity index (χ1v) is 8.30. The van der Waals surface area contributed by atoms with Crippen LogP contribution in [0.3, 0.4) is 0 Å². The first-order chi connectivity index (χ1) is 10.2. The van der Waals surface area contributed by atoms with Gasteiger partial charge in [0.2, 0.25) is 0 Å². The van der Waals surface area contributed by atoms with Crippen molar-refractivity contribution in [3.05, 3.63) is 42.2 Å². The SMILES string of the molecule is OC1(c2cccc3ccncc23)C2CC3CC(C2)CC1C3. The van der Waals surface area contributed by atoms with Crippen LogP contribution >= 0.6 is 0 Å². The summed E-state index contributed by atoms with van der Waals surface area (Å²) in [6.45, 7) is 0. The van der Waals surface area contributed by atoms with Crippen LogP contribution in [0.15, 0.2) is 36.7 Å². The van der Waals surface area contributed by atoms with Crippen LogP contribution in [-0.4, -0.2) is 10.1 Å². The van der Waals surface area contributed by atoms with Gasteiger partial charge in [-0.25, -0.2) is 0 Å². The number of nitrogens with zero attached hydrogens (tertiary/aromatic N) is 1. The minimum absolute atomic E-state index is 0.458. The summed E-state index contributed by atoms with van der Waals surface area (Å²) in [5.41, 5.74) is 0.526. The number of fused-ring (bicyclic) bond motifs is 1. The van der Waals surface area contributed by atoms with Crippen LogP contribution in [0.25, 0.3) is 10.8 Å². The largest absolute Gasteiger partial charge is 0.385 e. The Labute approximate surface area is 125 Å². The van der Waals surface area contributed by atoms with Crippen LogP contribution in [-0.2, 0) is 5.60 Å². The summed E-state index contributed by atoms with van der Waals surface area (Å²) in [6.07, 6.45) is 10.1. The fraction of sp³-hybridized carbons (Fsp3) is 0.526. The van der Waals surface area contributed by atoms with Crippen LogP contribution in [0.4, 0.5) is 0 Å². The summed E-state index contributed by atoms with van der Waals surface area (Å²) >= 11 is 0. The molecule has 0 spiro atoms. The summed E-state index contributed by atoms with van der Waals surface area (Å²) in [4.78, 5) is 4.31. The maximum Gasteiger partial charge on any atom is 0.0959 e. The van der Waals surface area contributed by atoms with Crippen LogP contribution in [0, 0.1) is 23.7 Å². The number of pyridine rings is 1. The van der Waals surface area contributed by atoms with Crippen LogP contribution < -0.4 is 0 Å². The van der Waals surface area contributed by atoms with E-state index in [1.54, 1.807) is 0 Å². The molecule has 4 aliphatic rings. The molecule has 2 aromatic rings. The van der Waals surface area contributed by atoms with Gasteiger partial charge in [-0.1, -0.05) is 18.2 Å². The lowest BCUT2D eigenvalue weighted by atomic mass is 9.48. The van der Waals surface area contributed by atoms with Crippen LogP contribution in [0.1, 0.15) is 37.7 Å². The third-order valence-corrected chi connectivity index (χ3v) is 6.50. The number of aromatic nitrogens is 1. The topological polar surface area (TPSA) is 33.1 Å². The second-order valence-electron chi connectivity index (χ2n) is 7.53. The molecule has 0 unspecified atom stereocenters. The zero-order valence-corrected chi connectivity index (χ0v) is 12.2. The molecule has 1 N–H and O–H groups in total. The Kier molecular flexibility index (Phi) is 2.36. The first-order valence-electron chi connectivity index (χ1n) is 8.30. The second-order valence-corrected chi connectivity index (χ2v) is 7.53. The van der Waals surface area contributed by atoms with E-state index in [0.717, 1.165) is 22.8 Å². The Morgan fingerprint density at radius 2 is 1.67 bits per heavy atom. The van der Waals surface area contributed by atoms with Crippen molar-refractivity contribution in [3.8, 4) is 0 Å². The molecule has 0 radical (unpaired) electrons. The van der Waals surface area contributed by atoms with Gasteiger partial charge in [0.05, 0.1) is 5.60 Å². The Morgan fingerprint density at radius 3 is 2.38 bits per heavy atom. The van der Waals surface area contributed by atoms with Crippen molar-refractivity contribution in [2.75, 3.05) is 0 Å². The van der Waals surface area contributed by atoms with E-state index in [4.69, 9.17) is 0 Å². The Bertz CT molecular complexity index is 674. The molecule has 4 saturated carbocycles. The molecule has 0 saturated heterocycles. The Balaban J connectivity index is 1.71. The molecule has 1 aromatic carbocycles. The van der Waals surface area contributed by atoms with E-state index in [1.807, 2.05) is 12.4 Å². The van der Waals surface area contributed by atoms with Gasteiger partial charge in [-0.2, -0.15) is 0 Å². The average Bonchev–Trinajstić information content (AvgIpc) is 2.51. The fourth-order valence-electron chi connectivity index (χ4n) is 5.81. The molecule has 4 bridgehead atoms. The van der Waals surface area contributed by atoms with Crippen LogP contribution in [0.2, 0.25) is 0 Å². The van der Waals surface area contributed by atoms with E-state index in [9.17, 15) is 5.11 Å². The molecule has 1 heterocycles. The number of hydrogen-bond donors (Lipinski definition) is 1. The van der Waals surface area contributed by atoms with E-state index in [-0.39, 0.29) is 0 Å². The van der Waals surface area contributed by atoms with E-state index < -0.39 is 5.60 Å². The van der Waals surface area contributed by atoms with Gasteiger partial charge >= 0.3 is 0 Å². The lowest BCUT2D eigenvalue weighted by Crippen LogP contribution is -2.55. The average molecular weight is 279 g/mol. The fourth-order valence-corrected chi connectivity index (χ4v) is 5.81. The summed E-state index contributed by atoms with van der Waals surface area (Å²) in [7, 11) is 0. The van der Waals surface area contributed by atoms with Gasteiger partial charge in [0.15, 0.2) is 0 Å². The molecule has 21 heavy (non-hydrogen) atoms. The summed E-state index contributed by atoms with van der Waals surface area (Å²) < 4.78 is 0. The third kappa shape index (κ3) is 1.54. The number of rotatable bonds is 1. The predicted octanol–water partition coefficient (Wildman–Crippen LogP) is 3.88.